The van der Waals surface area contributed by atoms with Crippen LogP contribution in [0.4, 0.5) is 5.69 Å². The lowest BCUT2D eigenvalue weighted by molar-refractivity contribution is 1.14. The van der Waals surface area contributed by atoms with E-state index in [4.69, 9.17) is 0 Å². The van der Waals surface area contributed by atoms with Gasteiger partial charge in [-0.3, -0.25) is 0 Å². The van der Waals surface area contributed by atoms with Gasteiger partial charge in [0, 0.05) is 17.6 Å². The van der Waals surface area contributed by atoms with Gasteiger partial charge in [0.1, 0.15) is 0 Å². The molecule has 22 heavy (non-hydrogen) atoms. The molecule has 0 spiro atoms. The fourth-order valence-corrected chi connectivity index (χ4v) is 2.61. The molecule has 2 heteroatoms. The second kappa shape index (κ2) is 6.54. The first-order chi connectivity index (χ1) is 10.8. The van der Waals surface area contributed by atoms with E-state index in [9.17, 15) is 0 Å². The standard InChI is InChI=1S/C20H15NS/c1-2-15-3-5-16(6-4-15)7-8-17-11-18-9-10-20(21-14-22)13-19(18)12-17/h3-6,9-11,13H,2,12H2,1H3. The number of aryl methyl sites for hydroxylation is 1. The zero-order valence-electron chi connectivity index (χ0n) is 12.4. The highest BCUT2D eigenvalue weighted by Crippen LogP contribution is 2.28. The molecule has 3 rings (SSSR count). The SMILES string of the molecule is CCc1ccc(C#CC2=Cc3ccc(N=C=S)cc3C2)cc1. The number of thiocarbonyl (C=S) groups is 1. The largest absolute Gasteiger partial charge is 0.195 e. The van der Waals surface area contributed by atoms with Crippen LogP contribution in [0.5, 0.6) is 0 Å². The van der Waals surface area contributed by atoms with Gasteiger partial charge in [0.15, 0.2) is 0 Å². The summed E-state index contributed by atoms with van der Waals surface area (Å²) < 4.78 is 0. The van der Waals surface area contributed by atoms with Crippen molar-refractivity contribution in [3.8, 4) is 11.8 Å². The molecule has 1 nitrogen and oxygen atoms in total. The van der Waals surface area contributed by atoms with Crippen molar-refractivity contribution in [2.24, 2.45) is 4.99 Å². The number of aliphatic imine (C=N–C) groups is 1. The summed E-state index contributed by atoms with van der Waals surface area (Å²) in [7, 11) is 0. The smallest absolute Gasteiger partial charge is 0.0742 e. The fraction of sp³-hybridized carbons (Fsp3) is 0.150. The Kier molecular flexibility index (Phi) is 4.30. The van der Waals surface area contributed by atoms with Gasteiger partial charge in [0.05, 0.1) is 10.8 Å². The zero-order valence-corrected chi connectivity index (χ0v) is 13.2. The Balaban J connectivity index is 1.78. The lowest BCUT2D eigenvalue weighted by Crippen LogP contribution is -1.83. The maximum atomic E-state index is 4.65. The molecule has 106 valence electrons. The van der Waals surface area contributed by atoms with Crippen LogP contribution in [0.3, 0.4) is 0 Å². The number of hydrogen-bond acceptors (Lipinski definition) is 2. The highest BCUT2D eigenvalue weighted by atomic mass is 32.1. The summed E-state index contributed by atoms with van der Waals surface area (Å²) in [6.45, 7) is 2.16. The van der Waals surface area contributed by atoms with Crippen LogP contribution in [0.2, 0.25) is 0 Å². The molecule has 1 aliphatic carbocycles. The van der Waals surface area contributed by atoms with Crippen LogP contribution in [-0.4, -0.2) is 5.16 Å². The van der Waals surface area contributed by atoms with E-state index < -0.39 is 0 Å². The molecule has 0 fully saturated rings. The molecule has 0 radical (unpaired) electrons. The van der Waals surface area contributed by atoms with Gasteiger partial charge in [-0.15, -0.1) is 0 Å². The van der Waals surface area contributed by atoms with Gasteiger partial charge in [0.25, 0.3) is 0 Å². The third kappa shape index (κ3) is 3.23. The molecular weight excluding hydrogens is 286 g/mol. The van der Waals surface area contributed by atoms with Crippen molar-refractivity contribution in [3.63, 3.8) is 0 Å². The summed E-state index contributed by atoms with van der Waals surface area (Å²) in [4.78, 5) is 4.02. The summed E-state index contributed by atoms with van der Waals surface area (Å²) in [5, 5.41) is 2.41. The van der Waals surface area contributed by atoms with Crippen molar-refractivity contribution in [2.75, 3.05) is 0 Å². The zero-order chi connectivity index (χ0) is 15.4. The number of isothiocyanates is 1. The number of allylic oxidation sites excluding steroid dienone is 1. The molecule has 0 aliphatic heterocycles. The Bertz CT molecular complexity index is 842. The topological polar surface area (TPSA) is 12.4 Å². The van der Waals surface area contributed by atoms with Gasteiger partial charge in [-0.1, -0.05) is 37.0 Å². The predicted molar refractivity (Wildman–Crippen MR) is 95.5 cm³/mol. The number of hydrogen-bond donors (Lipinski definition) is 0. The first-order valence-electron chi connectivity index (χ1n) is 7.31. The molecule has 0 amide bonds. The van der Waals surface area contributed by atoms with Crippen molar-refractivity contribution in [2.45, 2.75) is 19.8 Å². The van der Waals surface area contributed by atoms with Crippen LogP contribution >= 0.6 is 12.2 Å². The number of nitrogens with zero attached hydrogens (tertiary/aromatic N) is 1. The molecule has 0 unspecified atom stereocenters. The molecule has 0 saturated carbocycles. The van der Waals surface area contributed by atoms with Gasteiger partial charge in [-0.25, -0.2) is 0 Å². The molecule has 2 aromatic carbocycles. The minimum absolute atomic E-state index is 0.853. The number of rotatable bonds is 2. The summed E-state index contributed by atoms with van der Waals surface area (Å²) in [5.74, 6) is 6.52. The summed E-state index contributed by atoms with van der Waals surface area (Å²) in [5.41, 5.74) is 6.85. The van der Waals surface area contributed by atoms with Gasteiger partial charge in [0.2, 0.25) is 0 Å². The summed E-state index contributed by atoms with van der Waals surface area (Å²) in [6.07, 6.45) is 4.06. The third-order valence-electron chi connectivity index (χ3n) is 3.74. The molecule has 0 aromatic heterocycles. The van der Waals surface area contributed by atoms with Crippen molar-refractivity contribution in [1.82, 2.24) is 0 Å². The van der Waals surface area contributed by atoms with E-state index in [1.54, 1.807) is 0 Å². The van der Waals surface area contributed by atoms with E-state index in [1.807, 2.05) is 6.07 Å². The molecule has 1 aliphatic rings. The van der Waals surface area contributed by atoms with Crippen LogP contribution in [-0.2, 0) is 12.8 Å². The average molecular weight is 301 g/mol. The van der Waals surface area contributed by atoms with Gasteiger partial charge in [-0.2, -0.15) is 4.99 Å². The van der Waals surface area contributed by atoms with Gasteiger partial charge in [-0.05, 0) is 65.7 Å². The van der Waals surface area contributed by atoms with Crippen LogP contribution in [0.15, 0.2) is 53.0 Å². The van der Waals surface area contributed by atoms with E-state index in [2.05, 4.69) is 83.6 Å². The first kappa shape index (κ1) is 14.5. The Morgan fingerprint density at radius 1 is 1.09 bits per heavy atom. The first-order valence-corrected chi connectivity index (χ1v) is 7.71. The van der Waals surface area contributed by atoms with Gasteiger partial charge >= 0.3 is 0 Å². The van der Waals surface area contributed by atoms with E-state index in [1.165, 1.54) is 16.7 Å². The van der Waals surface area contributed by atoms with Crippen LogP contribution in [0.25, 0.3) is 6.08 Å². The van der Waals surface area contributed by atoms with Crippen molar-refractivity contribution in [1.29, 1.82) is 0 Å². The molecule has 0 saturated heterocycles. The average Bonchev–Trinajstić information content (AvgIpc) is 2.96. The lowest BCUT2D eigenvalue weighted by Gasteiger charge is -1.98. The second-order valence-electron chi connectivity index (χ2n) is 5.23. The van der Waals surface area contributed by atoms with E-state index in [-0.39, 0.29) is 0 Å². The maximum absolute atomic E-state index is 4.65. The highest BCUT2D eigenvalue weighted by molar-refractivity contribution is 7.78. The molecule has 0 heterocycles. The molecule has 0 N–H and O–H groups in total. The van der Waals surface area contributed by atoms with Crippen molar-refractivity contribution >= 4 is 29.1 Å². The minimum Gasteiger partial charge on any atom is -0.195 e. The van der Waals surface area contributed by atoms with E-state index in [0.29, 0.717) is 0 Å². The van der Waals surface area contributed by atoms with E-state index >= 15 is 0 Å². The van der Waals surface area contributed by atoms with Gasteiger partial charge < -0.3 is 0 Å². The Labute approximate surface area is 136 Å². The maximum Gasteiger partial charge on any atom is 0.0742 e. The molecule has 2 aromatic rings. The summed E-state index contributed by atoms with van der Waals surface area (Å²) >= 11 is 4.65. The number of fused-ring (bicyclic) bond motifs is 1. The number of benzene rings is 2. The second-order valence-corrected chi connectivity index (χ2v) is 5.42. The normalized spacial score (nSPS) is 11.8. The summed E-state index contributed by atoms with van der Waals surface area (Å²) in [6, 6.07) is 14.5. The fourth-order valence-electron chi connectivity index (χ4n) is 2.51. The van der Waals surface area contributed by atoms with Crippen molar-refractivity contribution < 1.29 is 0 Å². The van der Waals surface area contributed by atoms with Crippen LogP contribution in [0.1, 0.15) is 29.2 Å². The van der Waals surface area contributed by atoms with Crippen LogP contribution < -0.4 is 0 Å². The molecule has 0 atom stereocenters. The highest BCUT2D eigenvalue weighted by Gasteiger charge is 2.11. The molecular formula is C20H15NS. The lowest BCUT2D eigenvalue weighted by atomic mass is 10.1. The molecule has 0 bridgehead atoms. The van der Waals surface area contributed by atoms with Crippen molar-refractivity contribution in [3.05, 3.63) is 70.3 Å². The Hall–Kier alpha value is -2.46. The minimum atomic E-state index is 0.853. The third-order valence-corrected chi connectivity index (χ3v) is 3.83. The monoisotopic (exact) mass is 301 g/mol. The Morgan fingerprint density at radius 2 is 1.91 bits per heavy atom. The quantitative estimate of drug-likeness (QED) is 0.433. The van der Waals surface area contributed by atoms with E-state index in [0.717, 1.165) is 29.7 Å². The Morgan fingerprint density at radius 3 is 2.64 bits per heavy atom. The van der Waals surface area contributed by atoms with Crippen LogP contribution in [0, 0.1) is 11.8 Å². The predicted octanol–water partition coefficient (Wildman–Crippen LogP) is 4.97.